The van der Waals surface area contributed by atoms with Gasteiger partial charge in [0.15, 0.2) is 0 Å². The highest BCUT2D eigenvalue weighted by Gasteiger charge is 2.50. The second-order valence-corrected chi connectivity index (χ2v) is 4.71. The highest BCUT2D eigenvalue weighted by molar-refractivity contribution is 7.46. The maximum Gasteiger partial charge on any atom is 0.470 e. The number of hydrogen-bond donors (Lipinski definition) is 7. The number of phosphoric acid groups is 1. The van der Waals surface area contributed by atoms with Gasteiger partial charge in [0.2, 0.25) is 0 Å². The Bertz CT molecular complexity index is 274. The summed E-state index contributed by atoms with van der Waals surface area (Å²) in [6, 6.07) is 0. The van der Waals surface area contributed by atoms with Crippen LogP contribution >= 0.6 is 7.82 Å². The van der Waals surface area contributed by atoms with E-state index in [-0.39, 0.29) is 0 Å². The fraction of sp³-hybridized carbons (Fsp3) is 1.00. The molecule has 0 unspecified atom stereocenters. The molecule has 1 aliphatic rings. The first-order chi connectivity index (χ1) is 7.15. The number of aliphatic hydroxyl groups is 5. The SMILES string of the molecule is O=P(O)(O)O[C@@H]1[C@H](O)[C@H](O)[C@@H](O)[C@H](O)[C@H]1O. The van der Waals surface area contributed by atoms with E-state index in [1.54, 1.807) is 0 Å². The lowest BCUT2D eigenvalue weighted by atomic mass is 9.85. The quantitative estimate of drug-likeness (QED) is 0.247. The summed E-state index contributed by atoms with van der Waals surface area (Å²) in [6.45, 7) is 0. The van der Waals surface area contributed by atoms with Crippen molar-refractivity contribution in [2.24, 2.45) is 0 Å². The van der Waals surface area contributed by atoms with Gasteiger partial charge in [0, 0.05) is 0 Å². The van der Waals surface area contributed by atoms with E-state index in [1.807, 2.05) is 0 Å². The molecule has 0 saturated heterocycles. The molecule has 7 N–H and O–H groups in total. The van der Waals surface area contributed by atoms with Crippen LogP contribution in [0.5, 0.6) is 0 Å². The summed E-state index contributed by atoms with van der Waals surface area (Å²) in [5, 5.41) is 46.1. The van der Waals surface area contributed by atoms with E-state index in [2.05, 4.69) is 4.52 Å². The van der Waals surface area contributed by atoms with Crippen molar-refractivity contribution in [2.45, 2.75) is 36.6 Å². The van der Waals surface area contributed by atoms with Crippen LogP contribution in [0.2, 0.25) is 0 Å². The Morgan fingerprint density at radius 1 is 0.750 bits per heavy atom. The third-order valence-electron chi connectivity index (χ3n) is 2.33. The van der Waals surface area contributed by atoms with E-state index in [0.29, 0.717) is 0 Å². The Balaban J connectivity index is 2.87. The lowest BCUT2D eigenvalue weighted by Gasteiger charge is -2.41. The maximum absolute atomic E-state index is 10.5. The van der Waals surface area contributed by atoms with Gasteiger partial charge in [-0.05, 0) is 0 Å². The van der Waals surface area contributed by atoms with Crippen molar-refractivity contribution in [1.29, 1.82) is 0 Å². The van der Waals surface area contributed by atoms with Crippen LogP contribution in [0.25, 0.3) is 0 Å². The average molecular weight is 260 g/mol. The highest BCUT2D eigenvalue weighted by atomic mass is 31.2. The minimum Gasteiger partial charge on any atom is -0.387 e. The molecule has 0 aliphatic heterocycles. The highest BCUT2D eigenvalue weighted by Crippen LogP contribution is 2.41. The summed E-state index contributed by atoms with van der Waals surface area (Å²) >= 11 is 0. The fourth-order valence-electron chi connectivity index (χ4n) is 1.48. The first-order valence-electron chi connectivity index (χ1n) is 4.29. The molecule has 0 amide bonds. The Morgan fingerprint density at radius 3 is 1.38 bits per heavy atom. The summed E-state index contributed by atoms with van der Waals surface area (Å²) in [5.74, 6) is 0. The standard InChI is InChI=1S/C6H13O9P/c7-1-2(8)4(10)6(5(11)3(1)9)15-16(12,13)14/h1-11H,(H2,12,13,14)/t1-,2-,3+,4-,5-,6-/m1/s1. The molecule has 6 atom stereocenters. The van der Waals surface area contributed by atoms with Crippen LogP contribution in [0, 0.1) is 0 Å². The largest absolute Gasteiger partial charge is 0.470 e. The molecular weight excluding hydrogens is 247 g/mol. The topological polar surface area (TPSA) is 168 Å². The summed E-state index contributed by atoms with van der Waals surface area (Å²) in [7, 11) is -5.01. The van der Waals surface area contributed by atoms with Crippen molar-refractivity contribution < 1.29 is 44.4 Å². The van der Waals surface area contributed by atoms with E-state index >= 15 is 0 Å². The van der Waals surface area contributed by atoms with Gasteiger partial charge in [-0.1, -0.05) is 0 Å². The summed E-state index contributed by atoms with van der Waals surface area (Å²) in [4.78, 5) is 17.0. The number of hydrogen-bond acceptors (Lipinski definition) is 7. The Labute approximate surface area is 89.8 Å². The molecule has 10 heteroatoms. The van der Waals surface area contributed by atoms with Crippen LogP contribution < -0.4 is 0 Å². The zero-order valence-corrected chi connectivity index (χ0v) is 8.75. The van der Waals surface area contributed by atoms with Gasteiger partial charge in [0.1, 0.15) is 36.6 Å². The van der Waals surface area contributed by atoms with E-state index in [9.17, 15) is 25.0 Å². The van der Waals surface area contributed by atoms with Gasteiger partial charge in [-0.25, -0.2) is 4.57 Å². The third kappa shape index (κ3) is 2.77. The van der Waals surface area contributed by atoms with Crippen molar-refractivity contribution >= 4 is 7.82 Å². The molecule has 1 aliphatic carbocycles. The lowest BCUT2D eigenvalue weighted by Crippen LogP contribution is -2.64. The van der Waals surface area contributed by atoms with E-state index in [1.165, 1.54) is 0 Å². The Morgan fingerprint density at radius 2 is 1.06 bits per heavy atom. The molecule has 0 heterocycles. The summed E-state index contributed by atoms with van der Waals surface area (Å²) in [6.07, 6.45) is -11.3. The van der Waals surface area contributed by atoms with Gasteiger partial charge >= 0.3 is 7.82 Å². The lowest BCUT2D eigenvalue weighted by molar-refractivity contribution is -0.219. The monoisotopic (exact) mass is 260 g/mol. The molecule has 0 aromatic heterocycles. The number of rotatable bonds is 2. The second kappa shape index (κ2) is 4.65. The van der Waals surface area contributed by atoms with Crippen molar-refractivity contribution in [1.82, 2.24) is 0 Å². The molecule has 0 spiro atoms. The normalized spacial score (nSPS) is 45.7. The zero-order chi connectivity index (χ0) is 12.7. The molecule has 1 fully saturated rings. The molecule has 0 radical (unpaired) electrons. The maximum atomic E-state index is 10.5. The van der Waals surface area contributed by atoms with Crippen LogP contribution in [0.1, 0.15) is 0 Å². The van der Waals surface area contributed by atoms with Gasteiger partial charge < -0.3 is 35.3 Å². The second-order valence-electron chi connectivity index (χ2n) is 3.51. The smallest absolute Gasteiger partial charge is 0.387 e. The van der Waals surface area contributed by atoms with E-state index in [4.69, 9.17) is 14.9 Å². The Hall–Kier alpha value is -0.0900. The molecule has 0 aromatic rings. The van der Waals surface area contributed by atoms with Crippen LogP contribution in [0.15, 0.2) is 0 Å². The third-order valence-corrected chi connectivity index (χ3v) is 2.85. The van der Waals surface area contributed by atoms with E-state index < -0.39 is 44.4 Å². The molecular formula is C6H13O9P. The van der Waals surface area contributed by atoms with Gasteiger partial charge in [-0.2, -0.15) is 0 Å². The van der Waals surface area contributed by atoms with Crippen LogP contribution in [0.4, 0.5) is 0 Å². The number of aliphatic hydroxyl groups excluding tert-OH is 5. The molecule has 1 rings (SSSR count). The Kier molecular flexibility index (Phi) is 4.06. The first kappa shape index (κ1) is 14.0. The van der Waals surface area contributed by atoms with Gasteiger partial charge in [0.25, 0.3) is 0 Å². The summed E-state index contributed by atoms with van der Waals surface area (Å²) in [5.41, 5.74) is 0. The summed E-state index contributed by atoms with van der Waals surface area (Å²) < 4.78 is 14.5. The van der Waals surface area contributed by atoms with Gasteiger partial charge in [-0.15, -0.1) is 0 Å². The number of phosphoric ester groups is 1. The van der Waals surface area contributed by atoms with Crippen LogP contribution in [-0.2, 0) is 9.09 Å². The zero-order valence-electron chi connectivity index (χ0n) is 7.86. The van der Waals surface area contributed by atoms with Crippen molar-refractivity contribution in [2.75, 3.05) is 0 Å². The van der Waals surface area contributed by atoms with Gasteiger partial charge in [-0.3, -0.25) is 4.52 Å². The van der Waals surface area contributed by atoms with Crippen molar-refractivity contribution in [3.63, 3.8) is 0 Å². The predicted molar refractivity (Wildman–Crippen MR) is 47.0 cm³/mol. The molecule has 0 bridgehead atoms. The molecule has 9 nitrogen and oxygen atoms in total. The van der Waals surface area contributed by atoms with E-state index in [0.717, 1.165) is 0 Å². The van der Waals surface area contributed by atoms with Crippen LogP contribution in [0.3, 0.4) is 0 Å². The molecule has 0 aromatic carbocycles. The molecule has 1 saturated carbocycles. The molecule has 96 valence electrons. The van der Waals surface area contributed by atoms with Crippen molar-refractivity contribution in [3.05, 3.63) is 0 Å². The average Bonchev–Trinajstić information content (AvgIpc) is 2.17. The van der Waals surface area contributed by atoms with Crippen LogP contribution in [-0.4, -0.2) is 71.9 Å². The van der Waals surface area contributed by atoms with Crippen molar-refractivity contribution in [3.8, 4) is 0 Å². The fourth-order valence-corrected chi connectivity index (χ4v) is 2.05. The first-order valence-corrected chi connectivity index (χ1v) is 5.82. The molecule has 16 heavy (non-hydrogen) atoms. The predicted octanol–water partition coefficient (Wildman–Crippen LogP) is -3.72. The minimum atomic E-state index is -5.01. The minimum absolute atomic E-state index is 1.83. The van der Waals surface area contributed by atoms with Gasteiger partial charge in [0.05, 0.1) is 0 Å².